The lowest BCUT2D eigenvalue weighted by Crippen LogP contribution is -2.51. The molecule has 3 rings (SSSR count). The van der Waals surface area contributed by atoms with Crippen LogP contribution < -0.4 is 5.73 Å². The highest BCUT2D eigenvalue weighted by Crippen LogP contribution is 2.34. The van der Waals surface area contributed by atoms with Gasteiger partial charge in [-0.1, -0.05) is 0 Å². The van der Waals surface area contributed by atoms with Crippen LogP contribution in [0.3, 0.4) is 0 Å². The molecule has 2 heterocycles. The highest BCUT2D eigenvalue weighted by molar-refractivity contribution is 5.13. The van der Waals surface area contributed by atoms with E-state index in [1.165, 1.54) is 24.8 Å². The molecule has 3 unspecified atom stereocenters. The summed E-state index contributed by atoms with van der Waals surface area (Å²) in [7, 11) is 0. The van der Waals surface area contributed by atoms with Crippen LogP contribution in [0.2, 0.25) is 0 Å². The van der Waals surface area contributed by atoms with Gasteiger partial charge in [-0.05, 0) is 26.2 Å². The van der Waals surface area contributed by atoms with Crippen LogP contribution in [-0.4, -0.2) is 46.5 Å². The average molecular weight is 264 g/mol. The smallest absolute Gasteiger partial charge is 0.0731 e. The minimum absolute atomic E-state index is 0.287. The van der Waals surface area contributed by atoms with E-state index in [0.29, 0.717) is 18.7 Å². The van der Waals surface area contributed by atoms with E-state index in [1.54, 1.807) is 0 Å². The quantitative estimate of drug-likeness (QED) is 0.886. The summed E-state index contributed by atoms with van der Waals surface area (Å²) >= 11 is 0. The van der Waals surface area contributed by atoms with Crippen LogP contribution in [0.5, 0.6) is 0 Å². The molecule has 1 saturated carbocycles. The molecule has 2 aliphatic rings. The van der Waals surface area contributed by atoms with E-state index in [1.807, 2.05) is 10.9 Å². The molecule has 0 amide bonds. The topological polar surface area (TPSA) is 56.3 Å². The Hall–Kier alpha value is -0.910. The van der Waals surface area contributed by atoms with Crippen molar-refractivity contribution in [3.63, 3.8) is 0 Å². The van der Waals surface area contributed by atoms with Gasteiger partial charge in [0.1, 0.15) is 0 Å². The van der Waals surface area contributed by atoms with Crippen LogP contribution in [0.1, 0.15) is 37.8 Å². The number of rotatable bonds is 4. The monoisotopic (exact) mass is 264 g/mol. The van der Waals surface area contributed by atoms with Crippen LogP contribution in [0.15, 0.2) is 12.4 Å². The van der Waals surface area contributed by atoms with Gasteiger partial charge in [0.05, 0.1) is 24.9 Å². The van der Waals surface area contributed by atoms with Crippen molar-refractivity contribution < 1.29 is 4.74 Å². The minimum atomic E-state index is 0.287. The molecule has 0 bridgehead atoms. The maximum absolute atomic E-state index is 6.05. The number of aromatic nitrogens is 2. The third kappa shape index (κ3) is 2.42. The second kappa shape index (κ2) is 5.61. The zero-order valence-electron chi connectivity index (χ0n) is 11.7. The lowest BCUT2D eigenvalue weighted by Gasteiger charge is -2.42. The molecule has 1 aromatic rings. The van der Waals surface area contributed by atoms with Gasteiger partial charge in [0.2, 0.25) is 0 Å². The van der Waals surface area contributed by atoms with Gasteiger partial charge in [0, 0.05) is 37.4 Å². The summed E-state index contributed by atoms with van der Waals surface area (Å²) in [5.74, 6) is 0. The lowest BCUT2D eigenvalue weighted by molar-refractivity contribution is -0.0711. The Bertz CT molecular complexity index is 419. The van der Waals surface area contributed by atoms with Crippen molar-refractivity contribution in [1.29, 1.82) is 0 Å². The van der Waals surface area contributed by atoms with Gasteiger partial charge < -0.3 is 10.5 Å². The molecule has 5 nitrogen and oxygen atoms in total. The molecule has 0 aromatic carbocycles. The summed E-state index contributed by atoms with van der Waals surface area (Å²) in [5.41, 5.74) is 7.30. The molecule has 3 atom stereocenters. The second-order valence-corrected chi connectivity index (χ2v) is 5.53. The van der Waals surface area contributed by atoms with Crippen molar-refractivity contribution in [2.75, 3.05) is 19.7 Å². The third-order valence-corrected chi connectivity index (χ3v) is 4.51. The molecule has 1 aliphatic heterocycles. The van der Waals surface area contributed by atoms with E-state index in [2.05, 4.69) is 23.1 Å². The first kappa shape index (κ1) is 13.1. The first-order valence-corrected chi connectivity index (χ1v) is 7.43. The van der Waals surface area contributed by atoms with Gasteiger partial charge >= 0.3 is 0 Å². The number of hydrogen-bond donors (Lipinski definition) is 1. The molecule has 0 radical (unpaired) electrons. The maximum Gasteiger partial charge on any atom is 0.0731 e. The Morgan fingerprint density at radius 3 is 3.16 bits per heavy atom. The fourth-order valence-electron chi connectivity index (χ4n) is 3.53. The first-order valence-electron chi connectivity index (χ1n) is 7.43. The van der Waals surface area contributed by atoms with Gasteiger partial charge in [-0.3, -0.25) is 9.58 Å². The highest BCUT2D eigenvalue weighted by Gasteiger charge is 2.39. The Morgan fingerprint density at radius 2 is 2.42 bits per heavy atom. The van der Waals surface area contributed by atoms with E-state index >= 15 is 0 Å². The lowest BCUT2D eigenvalue weighted by atomic mass is 10.0. The van der Waals surface area contributed by atoms with Gasteiger partial charge in [-0.15, -0.1) is 0 Å². The molecule has 19 heavy (non-hydrogen) atoms. The van der Waals surface area contributed by atoms with Crippen molar-refractivity contribution in [3.8, 4) is 0 Å². The Morgan fingerprint density at radius 1 is 1.53 bits per heavy atom. The van der Waals surface area contributed by atoms with Crippen molar-refractivity contribution in [1.82, 2.24) is 14.7 Å². The fourth-order valence-corrected chi connectivity index (χ4v) is 3.53. The van der Waals surface area contributed by atoms with Crippen molar-refractivity contribution in [2.24, 2.45) is 5.73 Å². The van der Waals surface area contributed by atoms with Gasteiger partial charge in [0.15, 0.2) is 0 Å². The van der Waals surface area contributed by atoms with Crippen LogP contribution >= 0.6 is 0 Å². The van der Waals surface area contributed by atoms with E-state index in [4.69, 9.17) is 10.5 Å². The molecule has 106 valence electrons. The summed E-state index contributed by atoms with van der Waals surface area (Å²) in [6.07, 6.45) is 8.24. The molecule has 1 aromatic heterocycles. The zero-order chi connectivity index (χ0) is 13.2. The molecular weight excluding hydrogens is 240 g/mol. The molecule has 1 saturated heterocycles. The average Bonchev–Trinajstić information content (AvgIpc) is 3.08. The third-order valence-electron chi connectivity index (χ3n) is 4.51. The van der Waals surface area contributed by atoms with Crippen LogP contribution in [-0.2, 0) is 11.3 Å². The summed E-state index contributed by atoms with van der Waals surface area (Å²) < 4.78 is 7.86. The number of nitrogens with two attached hydrogens (primary N) is 1. The Kier molecular flexibility index (Phi) is 3.86. The maximum atomic E-state index is 6.05. The van der Waals surface area contributed by atoms with Gasteiger partial charge in [-0.2, -0.15) is 5.10 Å². The molecular formula is C14H24N4O. The predicted octanol–water partition coefficient (Wildman–Crippen LogP) is 1.16. The molecule has 5 heteroatoms. The minimum Gasteiger partial charge on any atom is -0.375 e. The number of hydrogen-bond acceptors (Lipinski definition) is 4. The molecule has 2 fully saturated rings. The normalized spacial score (nSPS) is 29.4. The Balaban J connectivity index is 1.80. The molecule has 2 N–H and O–H groups in total. The number of morpholine rings is 1. The predicted molar refractivity (Wildman–Crippen MR) is 73.8 cm³/mol. The molecule has 0 spiro atoms. The number of aryl methyl sites for hydroxylation is 1. The largest absolute Gasteiger partial charge is 0.375 e. The van der Waals surface area contributed by atoms with Gasteiger partial charge in [0.25, 0.3) is 0 Å². The standard InChI is InChI=1S/C14H24N4O/c1-2-17-10-11(9-16-17)13(8-15)18-6-7-19-14-5-3-4-12(14)18/h9-10,12-14H,2-8,15H2,1H3. The first-order chi connectivity index (χ1) is 9.33. The number of nitrogens with zero attached hydrogens (tertiary/aromatic N) is 3. The zero-order valence-corrected chi connectivity index (χ0v) is 11.7. The van der Waals surface area contributed by atoms with Crippen LogP contribution in [0, 0.1) is 0 Å². The van der Waals surface area contributed by atoms with Crippen LogP contribution in [0.4, 0.5) is 0 Å². The van der Waals surface area contributed by atoms with E-state index in [0.717, 1.165) is 19.7 Å². The van der Waals surface area contributed by atoms with E-state index in [-0.39, 0.29) is 6.04 Å². The summed E-state index contributed by atoms with van der Waals surface area (Å²) in [6, 6.07) is 0.835. The Labute approximate surface area is 114 Å². The van der Waals surface area contributed by atoms with E-state index < -0.39 is 0 Å². The summed E-state index contributed by atoms with van der Waals surface area (Å²) in [5, 5.41) is 4.39. The SMILES string of the molecule is CCn1cc(C(CN)N2CCOC3CCCC32)cn1. The fraction of sp³-hybridized carbons (Fsp3) is 0.786. The van der Waals surface area contributed by atoms with Crippen molar-refractivity contribution in [3.05, 3.63) is 18.0 Å². The summed E-state index contributed by atoms with van der Waals surface area (Å²) in [6.45, 7) is 5.49. The highest BCUT2D eigenvalue weighted by atomic mass is 16.5. The number of ether oxygens (including phenoxy) is 1. The van der Waals surface area contributed by atoms with Crippen molar-refractivity contribution in [2.45, 2.75) is 50.9 Å². The van der Waals surface area contributed by atoms with Crippen LogP contribution in [0.25, 0.3) is 0 Å². The van der Waals surface area contributed by atoms with Gasteiger partial charge in [-0.25, -0.2) is 0 Å². The second-order valence-electron chi connectivity index (χ2n) is 5.53. The number of fused-ring (bicyclic) bond motifs is 1. The van der Waals surface area contributed by atoms with E-state index in [9.17, 15) is 0 Å². The van der Waals surface area contributed by atoms with Crippen molar-refractivity contribution >= 4 is 0 Å². The summed E-state index contributed by atoms with van der Waals surface area (Å²) in [4.78, 5) is 2.55. The molecule has 1 aliphatic carbocycles.